The van der Waals surface area contributed by atoms with Gasteiger partial charge in [-0.25, -0.2) is 0 Å². The van der Waals surface area contributed by atoms with E-state index in [0.717, 1.165) is 30.8 Å². The standard InChI is InChI=1S/C24H33ClN4O2/c1-4-15-29(17-14-25)22-11-5-19(6-12-22)18-24(31)27-21-9-7-20(8-10-21)26-23(30)13-16-28(2)3/h5-12H,4,13-18H2,1-3H3,(H,26,30)(H,27,31). The summed E-state index contributed by atoms with van der Waals surface area (Å²) in [7, 11) is 3.86. The number of carbonyl (C=O) groups is 2. The van der Waals surface area contributed by atoms with Crippen molar-refractivity contribution in [1.29, 1.82) is 0 Å². The quantitative estimate of drug-likeness (QED) is 0.481. The van der Waals surface area contributed by atoms with E-state index in [1.807, 2.05) is 43.3 Å². The number of nitrogens with zero attached hydrogens (tertiary/aromatic N) is 2. The molecule has 0 saturated carbocycles. The largest absolute Gasteiger partial charge is 0.370 e. The van der Waals surface area contributed by atoms with Crippen LogP contribution in [0.15, 0.2) is 48.5 Å². The first-order chi connectivity index (χ1) is 14.9. The Morgan fingerprint density at radius 2 is 1.42 bits per heavy atom. The fourth-order valence-electron chi connectivity index (χ4n) is 3.14. The highest BCUT2D eigenvalue weighted by molar-refractivity contribution is 6.18. The molecule has 2 N–H and O–H groups in total. The fourth-order valence-corrected chi connectivity index (χ4v) is 3.35. The molecule has 0 aliphatic heterocycles. The second-order valence-electron chi connectivity index (χ2n) is 7.75. The molecule has 0 spiro atoms. The molecule has 2 amide bonds. The number of benzene rings is 2. The Morgan fingerprint density at radius 3 is 1.94 bits per heavy atom. The third kappa shape index (κ3) is 8.99. The van der Waals surface area contributed by atoms with Crippen molar-refractivity contribution in [3.63, 3.8) is 0 Å². The summed E-state index contributed by atoms with van der Waals surface area (Å²) in [5.41, 5.74) is 3.48. The zero-order valence-electron chi connectivity index (χ0n) is 18.7. The Labute approximate surface area is 190 Å². The average molecular weight is 445 g/mol. The van der Waals surface area contributed by atoms with Gasteiger partial charge in [0.05, 0.1) is 6.42 Å². The van der Waals surface area contributed by atoms with Crippen molar-refractivity contribution in [2.24, 2.45) is 0 Å². The van der Waals surface area contributed by atoms with Crippen LogP contribution in [0.5, 0.6) is 0 Å². The van der Waals surface area contributed by atoms with Crippen LogP contribution in [0.3, 0.4) is 0 Å². The molecule has 0 saturated heterocycles. The van der Waals surface area contributed by atoms with Crippen LogP contribution in [0.4, 0.5) is 17.1 Å². The van der Waals surface area contributed by atoms with Gasteiger partial charge in [0.1, 0.15) is 0 Å². The molecule has 0 bridgehead atoms. The van der Waals surface area contributed by atoms with Gasteiger partial charge in [-0.05, 0) is 62.5 Å². The smallest absolute Gasteiger partial charge is 0.228 e. The lowest BCUT2D eigenvalue weighted by molar-refractivity contribution is -0.116. The predicted octanol–water partition coefficient (Wildman–Crippen LogP) is 4.21. The number of hydrogen-bond acceptors (Lipinski definition) is 4. The Morgan fingerprint density at radius 1 is 0.839 bits per heavy atom. The first-order valence-corrected chi connectivity index (χ1v) is 11.2. The maximum absolute atomic E-state index is 12.4. The highest BCUT2D eigenvalue weighted by Crippen LogP contribution is 2.18. The van der Waals surface area contributed by atoms with E-state index in [9.17, 15) is 9.59 Å². The second kappa shape index (κ2) is 13.0. The van der Waals surface area contributed by atoms with Crippen LogP contribution in [0.25, 0.3) is 0 Å². The lowest BCUT2D eigenvalue weighted by atomic mass is 10.1. The SMILES string of the molecule is CCCN(CCCl)c1ccc(CC(=O)Nc2ccc(NC(=O)CCN(C)C)cc2)cc1. The van der Waals surface area contributed by atoms with Crippen molar-refractivity contribution < 1.29 is 9.59 Å². The van der Waals surface area contributed by atoms with Crippen LogP contribution >= 0.6 is 11.6 Å². The van der Waals surface area contributed by atoms with E-state index in [0.29, 0.717) is 36.6 Å². The highest BCUT2D eigenvalue weighted by atomic mass is 35.5. The zero-order valence-corrected chi connectivity index (χ0v) is 19.4. The van der Waals surface area contributed by atoms with Crippen LogP contribution in [-0.2, 0) is 16.0 Å². The summed E-state index contributed by atoms with van der Waals surface area (Å²) in [6, 6.07) is 15.2. The van der Waals surface area contributed by atoms with E-state index in [4.69, 9.17) is 11.6 Å². The van der Waals surface area contributed by atoms with Crippen molar-refractivity contribution in [1.82, 2.24) is 4.90 Å². The van der Waals surface area contributed by atoms with E-state index in [2.05, 4.69) is 22.5 Å². The lowest BCUT2D eigenvalue weighted by Gasteiger charge is -2.23. The van der Waals surface area contributed by atoms with Gasteiger partial charge in [-0.15, -0.1) is 11.6 Å². The first kappa shape index (κ1) is 24.7. The molecular weight excluding hydrogens is 412 g/mol. The van der Waals surface area contributed by atoms with E-state index in [1.54, 1.807) is 24.3 Å². The van der Waals surface area contributed by atoms with Crippen molar-refractivity contribution in [2.45, 2.75) is 26.2 Å². The Bertz CT molecular complexity index is 816. The third-order valence-corrected chi connectivity index (χ3v) is 4.92. The molecule has 0 aliphatic rings. The van der Waals surface area contributed by atoms with E-state index >= 15 is 0 Å². The fraction of sp³-hybridized carbons (Fsp3) is 0.417. The molecule has 7 heteroatoms. The van der Waals surface area contributed by atoms with Crippen LogP contribution < -0.4 is 15.5 Å². The minimum absolute atomic E-state index is 0.0301. The molecule has 0 atom stereocenters. The molecule has 2 rings (SSSR count). The Kier molecular flexibility index (Phi) is 10.3. The van der Waals surface area contributed by atoms with E-state index in [-0.39, 0.29) is 11.8 Å². The average Bonchev–Trinajstić information content (AvgIpc) is 2.74. The normalized spacial score (nSPS) is 10.7. The molecule has 0 aliphatic carbocycles. The summed E-state index contributed by atoms with van der Waals surface area (Å²) in [4.78, 5) is 28.5. The lowest BCUT2D eigenvalue weighted by Crippen LogP contribution is -2.26. The third-order valence-electron chi connectivity index (χ3n) is 4.75. The van der Waals surface area contributed by atoms with Gasteiger partial charge in [0.25, 0.3) is 0 Å². The summed E-state index contributed by atoms with van der Waals surface area (Å²) in [6.07, 6.45) is 1.79. The van der Waals surface area contributed by atoms with Crippen molar-refractivity contribution in [3.8, 4) is 0 Å². The van der Waals surface area contributed by atoms with Crippen molar-refractivity contribution in [2.75, 3.05) is 55.1 Å². The maximum Gasteiger partial charge on any atom is 0.228 e. The number of nitrogens with one attached hydrogen (secondary N) is 2. The molecule has 6 nitrogen and oxygen atoms in total. The molecule has 2 aromatic rings. The van der Waals surface area contributed by atoms with Gasteiger partial charge in [-0.1, -0.05) is 19.1 Å². The van der Waals surface area contributed by atoms with Gasteiger partial charge in [-0.3, -0.25) is 9.59 Å². The molecule has 0 unspecified atom stereocenters. The van der Waals surface area contributed by atoms with E-state index in [1.165, 1.54) is 0 Å². The molecular formula is C24H33ClN4O2. The van der Waals surface area contributed by atoms with Gasteiger partial charge in [0, 0.05) is 49.0 Å². The summed E-state index contributed by atoms with van der Waals surface area (Å²) >= 11 is 5.90. The number of carbonyl (C=O) groups excluding carboxylic acids is 2. The minimum Gasteiger partial charge on any atom is -0.370 e. The number of hydrogen-bond donors (Lipinski definition) is 2. The number of halogens is 1. The molecule has 168 valence electrons. The van der Waals surface area contributed by atoms with Crippen molar-refractivity contribution >= 4 is 40.5 Å². The van der Waals surface area contributed by atoms with Crippen LogP contribution in [0, 0.1) is 0 Å². The predicted molar refractivity (Wildman–Crippen MR) is 130 cm³/mol. The summed E-state index contributed by atoms with van der Waals surface area (Å²) < 4.78 is 0. The molecule has 0 heterocycles. The highest BCUT2D eigenvalue weighted by Gasteiger charge is 2.08. The molecule has 2 aromatic carbocycles. The number of amides is 2. The summed E-state index contributed by atoms with van der Waals surface area (Å²) in [5.74, 6) is 0.474. The van der Waals surface area contributed by atoms with E-state index < -0.39 is 0 Å². The second-order valence-corrected chi connectivity index (χ2v) is 8.12. The monoisotopic (exact) mass is 444 g/mol. The van der Waals surface area contributed by atoms with Gasteiger partial charge >= 0.3 is 0 Å². The molecule has 0 fully saturated rings. The van der Waals surface area contributed by atoms with Gasteiger partial charge in [0.15, 0.2) is 0 Å². The van der Waals surface area contributed by atoms with Gasteiger partial charge in [0.2, 0.25) is 11.8 Å². The van der Waals surface area contributed by atoms with Gasteiger partial charge in [-0.2, -0.15) is 0 Å². The van der Waals surface area contributed by atoms with Crippen LogP contribution in [-0.4, -0.2) is 56.3 Å². The molecule has 0 aromatic heterocycles. The maximum atomic E-state index is 12.4. The molecule has 31 heavy (non-hydrogen) atoms. The summed E-state index contributed by atoms with van der Waals surface area (Å²) in [5, 5.41) is 5.76. The first-order valence-electron chi connectivity index (χ1n) is 10.7. The number of alkyl halides is 1. The summed E-state index contributed by atoms with van der Waals surface area (Å²) in [6.45, 7) is 4.61. The van der Waals surface area contributed by atoms with Crippen LogP contribution in [0.2, 0.25) is 0 Å². The van der Waals surface area contributed by atoms with Crippen LogP contribution in [0.1, 0.15) is 25.3 Å². The molecule has 0 radical (unpaired) electrons. The Hall–Kier alpha value is -2.57. The van der Waals surface area contributed by atoms with Crippen molar-refractivity contribution in [3.05, 3.63) is 54.1 Å². The van der Waals surface area contributed by atoms with Gasteiger partial charge < -0.3 is 20.4 Å². The minimum atomic E-state index is -0.0818. The number of anilines is 3. The zero-order chi connectivity index (χ0) is 22.6. The number of rotatable bonds is 12. The topological polar surface area (TPSA) is 64.7 Å². The Balaban J connectivity index is 1.86.